The number of thiophene rings is 1. The third-order valence-electron chi connectivity index (χ3n) is 4.30. The molecule has 0 amide bonds. The Balaban J connectivity index is 1.65. The van der Waals surface area contributed by atoms with E-state index in [0.717, 1.165) is 21.6 Å². The smallest absolute Gasteiger partial charge is 0.266 e. The van der Waals surface area contributed by atoms with Gasteiger partial charge in [-0.2, -0.15) is 9.78 Å². The second kappa shape index (κ2) is 5.60. The number of nitrogens with zero attached hydrogens (tertiary/aromatic N) is 5. The SMILES string of the molecule is Cc1nn(-c2ccccc2)c2sc(C(=O)n3nnc4ccccc43)cc12. The molecule has 0 fully saturated rings. The summed E-state index contributed by atoms with van der Waals surface area (Å²) in [4.78, 5) is 14.5. The van der Waals surface area contributed by atoms with E-state index in [0.29, 0.717) is 15.9 Å². The van der Waals surface area contributed by atoms with Crippen LogP contribution in [-0.2, 0) is 0 Å². The zero-order valence-corrected chi connectivity index (χ0v) is 14.6. The molecular formula is C19H13N5OS. The van der Waals surface area contributed by atoms with Crippen molar-refractivity contribution >= 4 is 38.5 Å². The standard InChI is InChI=1S/C19H13N5OS/c1-12-14-11-17(18(25)24-16-10-6-5-9-15(16)20-22-24)26-19(14)23(21-12)13-7-3-2-4-8-13/h2-11H,1H3. The van der Waals surface area contributed by atoms with Gasteiger partial charge in [0.15, 0.2) is 0 Å². The van der Waals surface area contributed by atoms with E-state index in [1.54, 1.807) is 0 Å². The predicted octanol–water partition coefficient (Wildman–Crippen LogP) is 3.83. The maximum Gasteiger partial charge on any atom is 0.290 e. The second-order valence-corrected chi connectivity index (χ2v) is 6.99. The average Bonchev–Trinajstić information content (AvgIpc) is 3.37. The molecule has 0 aliphatic heterocycles. The molecule has 5 rings (SSSR count). The van der Waals surface area contributed by atoms with E-state index in [2.05, 4.69) is 15.4 Å². The van der Waals surface area contributed by atoms with Crippen molar-refractivity contribution in [2.24, 2.45) is 0 Å². The van der Waals surface area contributed by atoms with E-state index < -0.39 is 0 Å². The van der Waals surface area contributed by atoms with Crippen molar-refractivity contribution < 1.29 is 4.79 Å². The number of aryl methyl sites for hydroxylation is 1. The zero-order valence-electron chi connectivity index (χ0n) is 13.8. The van der Waals surface area contributed by atoms with Crippen LogP contribution in [0.4, 0.5) is 0 Å². The fourth-order valence-corrected chi connectivity index (χ4v) is 4.13. The number of fused-ring (bicyclic) bond motifs is 2. The minimum Gasteiger partial charge on any atom is -0.266 e. The predicted molar refractivity (Wildman–Crippen MR) is 101 cm³/mol. The van der Waals surface area contributed by atoms with Crippen LogP contribution in [0.15, 0.2) is 60.7 Å². The molecule has 0 radical (unpaired) electrons. The summed E-state index contributed by atoms with van der Waals surface area (Å²) in [5, 5.41) is 13.7. The first-order valence-corrected chi connectivity index (χ1v) is 8.94. The number of carbonyl (C=O) groups is 1. The first kappa shape index (κ1) is 15.0. The molecule has 0 saturated carbocycles. The molecule has 7 heteroatoms. The highest BCUT2D eigenvalue weighted by atomic mass is 32.1. The zero-order chi connectivity index (χ0) is 17.7. The van der Waals surface area contributed by atoms with Crippen LogP contribution >= 0.6 is 11.3 Å². The summed E-state index contributed by atoms with van der Waals surface area (Å²) in [7, 11) is 0. The molecule has 0 atom stereocenters. The van der Waals surface area contributed by atoms with E-state index in [1.807, 2.05) is 72.3 Å². The summed E-state index contributed by atoms with van der Waals surface area (Å²) in [6.07, 6.45) is 0. The number of hydrogen-bond acceptors (Lipinski definition) is 5. The van der Waals surface area contributed by atoms with Crippen LogP contribution in [0, 0.1) is 6.92 Å². The van der Waals surface area contributed by atoms with Gasteiger partial charge in [-0.05, 0) is 37.3 Å². The van der Waals surface area contributed by atoms with Crippen LogP contribution in [-0.4, -0.2) is 30.7 Å². The largest absolute Gasteiger partial charge is 0.290 e. The second-order valence-electron chi connectivity index (χ2n) is 5.96. The summed E-state index contributed by atoms with van der Waals surface area (Å²) in [5.41, 5.74) is 3.27. The third kappa shape index (κ3) is 2.18. The van der Waals surface area contributed by atoms with Gasteiger partial charge in [-0.1, -0.05) is 35.5 Å². The summed E-state index contributed by atoms with van der Waals surface area (Å²) in [6.45, 7) is 1.95. The van der Waals surface area contributed by atoms with Gasteiger partial charge in [0.2, 0.25) is 0 Å². The van der Waals surface area contributed by atoms with Gasteiger partial charge in [-0.25, -0.2) is 4.68 Å². The van der Waals surface area contributed by atoms with Gasteiger partial charge in [0.05, 0.1) is 21.8 Å². The Morgan fingerprint density at radius 3 is 2.65 bits per heavy atom. The highest BCUT2D eigenvalue weighted by molar-refractivity contribution is 7.20. The maximum absolute atomic E-state index is 13.0. The van der Waals surface area contributed by atoms with E-state index >= 15 is 0 Å². The molecule has 0 N–H and O–H groups in total. The van der Waals surface area contributed by atoms with Crippen molar-refractivity contribution in [3.63, 3.8) is 0 Å². The molecule has 0 saturated heterocycles. The molecule has 26 heavy (non-hydrogen) atoms. The summed E-state index contributed by atoms with van der Waals surface area (Å²) in [6, 6.07) is 19.2. The fraction of sp³-hybridized carbons (Fsp3) is 0.0526. The first-order valence-electron chi connectivity index (χ1n) is 8.12. The number of aromatic nitrogens is 5. The van der Waals surface area contributed by atoms with Gasteiger partial charge in [0.1, 0.15) is 10.3 Å². The molecule has 0 unspecified atom stereocenters. The molecule has 6 nitrogen and oxygen atoms in total. The van der Waals surface area contributed by atoms with Crippen molar-refractivity contribution in [3.05, 3.63) is 71.2 Å². The molecule has 0 aliphatic carbocycles. The Morgan fingerprint density at radius 2 is 1.81 bits per heavy atom. The van der Waals surface area contributed by atoms with E-state index in [9.17, 15) is 4.79 Å². The lowest BCUT2D eigenvalue weighted by atomic mass is 10.3. The van der Waals surface area contributed by atoms with Crippen molar-refractivity contribution in [1.29, 1.82) is 0 Å². The number of carbonyl (C=O) groups excluding carboxylic acids is 1. The molecule has 0 aliphatic rings. The van der Waals surface area contributed by atoms with Crippen LogP contribution in [0.3, 0.4) is 0 Å². The van der Waals surface area contributed by atoms with Crippen molar-refractivity contribution in [1.82, 2.24) is 24.8 Å². The lowest BCUT2D eigenvalue weighted by molar-refractivity contribution is 0.0952. The normalized spacial score (nSPS) is 11.4. The minimum atomic E-state index is -0.182. The topological polar surface area (TPSA) is 65.6 Å². The van der Waals surface area contributed by atoms with Gasteiger partial charge in [0.25, 0.3) is 5.91 Å². The fourth-order valence-electron chi connectivity index (χ4n) is 3.02. The Hall–Kier alpha value is -3.32. The third-order valence-corrected chi connectivity index (χ3v) is 5.40. The Bertz CT molecular complexity index is 1270. The quantitative estimate of drug-likeness (QED) is 0.480. The number of para-hydroxylation sites is 2. The minimum absolute atomic E-state index is 0.182. The van der Waals surface area contributed by atoms with Crippen LogP contribution in [0.25, 0.3) is 26.9 Å². The lowest BCUT2D eigenvalue weighted by Crippen LogP contribution is -2.12. The van der Waals surface area contributed by atoms with Crippen LogP contribution in [0.2, 0.25) is 0 Å². The molecule has 0 bridgehead atoms. The Morgan fingerprint density at radius 1 is 1.04 bits per heavy atom. The Kier molecular flexibility index (Phi) is 3.23. The van der Waals surface area contributed by atoms with Gasteiger partial charge < -0.3 is 0 Å². The number of hydrogen-bond donors (Lipinski definition) is 0. The molecule has 3 heterocycles. The van der Waals surface area contributed by atoms with Gasteiger partial charge in [-0.15, -0.1) is 16.4 Å². The van der Waals surface area contributed by atoms with E-state index in [-0.39, 0.29) is 5.91 Å². The van der Waals surface area contributed by atoms with E-state index in [4.69, 9.17) is 0 Å². The number of benzene rings is 2. The van der Waals surface area contributed by atoms with E-state index in [1.165, 1.54) is 16.0 Å². The molecule has 3 aromatic heterocycles. The number of rotatable bonds is 2. The molecular weight excluding hydrogens is 346 g/mol. The van der Waals surface area contributed by atoms with Gasteiger partial charge >= 0.3 is 0 Å². The Labute approximate surface area is 152 Å². The van der Waals surface area contributed by atoms with Crippen LogP contribution < -0.4 is 0 Å². The van der Waals surface area contributed by atoms with Crippen LogP contribution in [0.5, 0.6) is 0 Å². The first-order chi connectivity index (χ1) is 12.7. The van der Waals surface area contributed by atoms with Crippen molar-refractivity contribution in [2.75, 3.05) is 0 Å². The summed E-state index contributed by atoms with van der Waals surface area (Å²) in [5.74, 6) is -0.182. The van der Waals surface area contributed by atoms with Gasteiger partial charge in [-0.3, -0.25) is 4.79 Å². The summed E-state index contributed by atoms with van der Waals surface area (Å²) >= 11 is 1.42. The molecule has 126 valence electrons. The molecule has 2 aromatic carbocycles. The summed E-state index contributed by atoms with van der Waals surface area (Å²) < 4.78 is 3.24. The van der Waals surface area contributed by atoms with Crippen LogP contribution in [0.1, 0.15) is 15.4 Å². The van der Waals surface area contributed by atoms with Gasteiger partial charge in [0, 0.05) is 5.39 Å². The molecule has 0 spiro atoms. The average molecular weight is 359 g/mol. The lowest BCUT2D eigenvalue weighted by Gasteiger charge is -2.01. The van der Waals surface area contributed by atoms with Crippen molar-refractivity contribution in [3.8, 4) is 5.69 Å². The van der Waals surface area contributed by atoms with Crippen molar-refractivity contribution in [2.45, 2.75) is 6.92 Å². The maximum atomic E-state index is 13.0. The molecule has 5 aromatic rings. The monoisotopic (exact) mass is 359 g/mol. The highest BCUT2D eigenvalue weighted by Crippen LogP contribution is 2.31. The highest BCUT2D eigenvalue weighted by Gasteiger charge is 2.20.